The zero-order valence-electron chi connectivity index (χ0n) is 16.8. The quantitative estimate of drug-likeness (QED) is 0.312. The molecule has 3 rings (SSSR count). The van der Waals surface area contributed by atoms with Gasteiger partial charge in [-0.3, -0.25) is 4.79 Å². The van der Waals surface area contributed by atoms with Crippen LogP contribution in [-0.4, -0.2) is 12.4 Å². The molecule has 0 amide bonds. The van der Waals surface area contributed by atoms with Crippen LogP contribution in [0.1, 0.15) is 47.3 Å². The van der Waals surface area contributed by atoms with Crippen molar-refractivity contribution in [3.05, 3.63) is 76.6 Å². The summed E-state index contributed by atoms with van der Waals surface area (Å²) in [5, 5.41) is 1.90. The first-order chi connectivity index (χ1) is 14.2. The molecular formula is C24H22F4O2. The minimum atomic E-state index is -5.01. The number of Topliss-reactive ketones (excluding diaryl/α,β-unsaturated/α-hetero) is 1. The van der Waals surface area contributed by atoms with Crippen molar-refractivity contribution in [2.24, 2.45) is 0 Å². The highest BCUT2D eigenvalue weighted by Crippen LogP contribution is 2.38. The van der Waals surface area contributed by atoms with Crippen molar-refractivity contribution in [2.45, 2.75) is 39.3 Å². The third kappa shape index (κ3) is 4.64. The van der Waals surface area contributed by atoms with Crippen molar-refractivity contribution in [2.75, 3.05) is 6.61 Å². The van der Waals surface area contributed by atoms with Gasteiger partial charge >= 0.3 is 6.18 Å². The van der Waals surface area contributed by atoms with Crippen LogP contribution in [0.3, 0.4) is 0 Å². The molecule has 0 saturated carbocycles. The number of ether oxygens (including phenoxy) is 1. The number of alkyl halides is 3. The number of aryl methyl sites for hydroxylation is 1. The summed E-state index contributed by atoms with van der Waals surface area (Å²) in [4.78, 5) is 12.7. The third-order valence-electron chi connectivity index (χ3n) is 4.86. The Morgan fingerprint density at radius 2 is 1.57 bits per heavy atom. The lowest BCUT2D eigenvalue weighted by Gasteiger charge is -2.16. The first kappa shape index (κ1) is 21.8. The van der Waals surface area contributed by atoms with Gasteiger partial charge in [-0.05, 0) is 47.4 Å². The fraction of sp³-hybridized carbons (Fsp3) is 0.292. The summed E-state index contributed by atoms with van der Waals surface area (Å²) in [6.07, 6.45) is -3.29. The van der Waals surface area contributed by atoms with E-state index >= 15 is 0 Å². The molecule has 158 valence electrons. The Hall–Kier alpha value is -2.89. The molecule has 0 aliphatic rings. The Labute approximate surface area is 172 Å². The standard InChI is InChI=1S/C24H22F4O2/c1-3-5-15-6-8-18-13-16(7-9-17(18)12-15)14-20(29)19-10-11-21(30-4-2)23(25)22(19)24(26,27)28/h6-13H,3-5,14H2,1-2H3. The number of fused-ring (bicyclic) bond motifs is 1. The van der Waals surface area contributed by atoms with Gasteiger partial charge in [-0.15, -0.1) is 0 Å². The lowest BCUT2D eigenvalue weighted by Crippen LogP contribution is -2.18. The van der Waals surface area contributed by atoms with Crippen molar-refractivity contribution in [1.29, 1.82) is 0 Å². The van der Waals surface area contributed by atoms with Gasteiger partial charge in [0.15, 0.2) is 17.3 Å². The van der Waals surface area contributed by atoms with Crippen LogP contribution in [0.5, 0.6) is 5.75 Å². The zero-order chi connectivity index (χ0) is 21.9. The lowest BCUT2D eigenvalue weighted by molar-refractivity contribution is -0.140. The number of hydrogen-bond donors (Lipinski definition) is 0. The molecule has 0 fully saturated rings. The highest BCUT2D eigenvalue weighted by molar-refractivity contribution is 5.99. The number of hydrogen-bond acceptors (Lipinski definition) is 2. The van der Waals surface area contributed by atoms with Crippen LogP contribution in [0.2, 0.25) is 0 Å². The molecule has 0 saturated heterocycles. The van der Waals surface area contributed by atoms with E-state index < -0.39 is 34.7 Å². The molecule has 2 nitrogen and oxygen atoms in total. The van der Waals surface area contributed by atoms with Gasteiger partial charge in [0.1, 0.15) is 5.56 Å². The van der Waals surface area contributed by atoms with Gasteiger partial charge in [0.25, 0.3) is 0 Å². The van der Waals surface area contributed by atoms with Crippen molar-refractivity contribution in [3.8, 4) is 5.75 Å². The summed E-state index contributed by atoms with van der Waals surface area (Å²) in [6, 6.07) is 13.4. The van der Waals surface area contributed by atoms with Gasteiger partial charge in [-0.25, -0.2) is 4.39 Å². The van der Waals surface area contributed by atoms with Crippen LogP contribution in [0.15, 0.2) is 48.5 Å². The summed E-state index contributed by atoms with van der Waals surface area (Å²) in [5.41, 5.74) is -0.503. The van der Waals surface area contributed by atoms with E-state index in [1.165, 1.54) is 12.5 Å². The highest BCUT2D eigenvalue weighted by Gasteiger charge is 2.40. The first-order valence-corrected chi connectivity index (χ1v) is 9.81. The Balaban J connectivity index is 1.93. The molecule has 0 aliphatic heterocycles. The summed E-state index contributed by atoms with van der Waals surface area (Å²) in [5.74, 6) is -2.88. The number of rotatable bonds is 7. The van der Waals surface area contributed by atoms with E-state index in [1.807, 2.05) is 18.2 Å². The number of benzene rings is 3. The average molecular weight is 418 g/mol. The second-order valence-corrected chi connectivity index (χ2v) is 7.10. The number of halogens is 4. The smallest absolute Gasteiger partial charge is 0.420 e. The van der Waals surface area contributed by atoms with E-state index in [4.69, 9.17) is 4.74 Å². The normalized spacial score (nSPS) is 11.7. The van der Waals surface area contributed by atoms with E-state index in [2.05, 4.69) is 13.0 Å². The summed E-state index contributed by atoms with van der Waals surface area (Å²) >= 11 is 0. The van der Waals surface area contributed by atoms with Crippen LogP contribution in [0, 0.1) is 5.82 Å². The van der Waals surface area contributed by atoms with Crippen LogP contribution >= 0.6 is 0 Å². The molecule has 30 heavy (non-hydrogen) atoms. The van der Waals surface area contributed by atoms with Gasteiger partial charge in [-0.2, -0.15) is 13.2 Å². The van der Waals surface area contributed by atoms with Gasteiger partial charge in [0, 0.05) is 12.0 Å². The summed E-state index contributed by atoms with van der Waals surface area (Å²) in [7, 11) is 0. The summed E-state index contributed by atoms with van der Waals surface area (Å²) < 4.78 is 59.8. The minimum Gasteiger partial charge on any atom is -0.491 e. The number of carbonyl (C=O) groups excluding carboxylic acids is 1. The SMILES string of the molecule is CCCc1ccc2cc(CC(=O)c3ccc(OCC)c(F)c3C(F)(F)F)ccc2c1. The molecule has 0 radical (unpaired) electrons. The van der Waals surface area contributed by atoms with Crippen LogP contribution < -0.4 is 4.74 Å². The van der Waals surface area contributed by atoms with E-state index in [0.717, 1.165) is 35.7 Å². The van der Waals surface area contributed by atoms with E-state index in [1.54, 1.807) is 12.1 Å². The van der Waals surface area contributed by atoms with Crippen LogP contribution in [0.25, 0.3) is 10.8 Å². The first-order valence-electron chi connectivity index (χ1n) is 9.81. The molecule has 0 aliphatic carbocycles. The molecule has 0 unspecified atom stereocenters. The maximum absolute atomic E-state index is 14.4. The maximum Gasteiger partial charge on any atom is 0.420 e. The van der Waals surface area contributed by atoms with E-state index in [9.17, 15) is 22.4 Å². The Bertz CT molecular complexity index is 1070. The monoisotopic (exact) mass is 418 g/mol. The minimum absolute atomic E-state index is 0.0125. The molecule has 0 atom stereocenters. The van der Waals surface area contributed by atoms with Gasteiger partial charge in [0.05, 0.1) is 6.61 Å². The maximum atomic E-state index is 14.4. The third-order valence-corrected chi connectivity index (χ3v) is 4.86. The molecule has 0 aromatic heterocycles. The molecule has 0 spiro atoms. The van der Waals surface area contributed by atoms with Crippen LogP contribution in [-0.2, 0) is 19.0 Å². The lowest BCUT2D eigenvalue weighted by atomic mass is 9.95. The second-order valence-electron chi connectivity index (χ2n) is 7.10. The molecule has 0 bridgehead atoms. The van der Waals surface area contributed by atoms with Crippen molar-refractivity contribution >= 4 is 16.6 Å². The van der Waals surface area contributed by atoms with E-state index in [0.29, 0.717) is 5.56 Å². The number of ketones is 1. The predicted octanol–water partition coefficient (Wildman–Crippen LogP) is 6.77. The second kappa shape index (κ2) is 8.86. The molecule has 6 heteroatoms. The Morgan fingerprint density at radius 3 is 2.17 bits per heavy atom. The largest absolute Gasteiger partial charge is 0.491 e. The van der Waals surface area contributed by atoms with Crippen LogP contribution in [0.4, 0.5) is 17.6 Å². The van der Waals surface area contributed by atoms with Crippen molar-refractivity contribution in [3.63, 3.8) is 0 Å². The van der Waals surface area contributed by atoms with E-state index in [-0.39, 0.29) is 13.0 Å². The van der Waals surface area contributed by atoms with Gasteiger partial charge in [-0.1, -0.05) is 49.7 Å². The molecule has 3 aromatic rings. The van der Waals surface area contributed by atoms with Gasteiger partial charge < -0.3 is 4.74 Å². The molecule has 0 heterocycles. The van der Waals surface area contributed by atoms with Crippen molar-refractivity contribution in [1.82, 2.24) is 0 Å². The predicted molar refractivity (Wildman–Crippen MR) is 109 cm³/mol. The molecule has 0 N–H and O–H groups in total. The zero-order valence-corrected chi connectivity index (χ0v) is 16.8. The summed E-state index contributed by atoms with van der Waals surface area (Å²) in [6.45, 7) is 3.65. The topological polar surface area (TPSA) is 26.3 Å². The number of carbonyl (C=O) groups is 1. The Morgan fingerprint density at radius 1 is 0.933 bits per heavy atom. The average Bonchev–Trinajstić information content (AvgIpc) is 2.68. The molecule has 3 aromatic carbocycles. The Kier molecular flexibility index (Phi) is 6.44. The highest BCUT2D eigenvalue weighted by atomic mass is 19.4. The molecular weight excluding hydrogens is 396 g/mol. The van der Waals surface area contributed by atoms with Gasteiger partial charge in [0.2, 0.25) is 0 Å². The fourth-order valence-corrected chi connectivity index (χ4v) is 3.51. The van der Waals surface area contributed by atoms with Crippen molar-refractivity contribution < 1.29 is 27.1 Å². The fourth-order valence-electron chi connectivity index (χ4n) is 3.51.